The van der Waals surface area contributed by atoms with Crippen LogP contribution < -0.4 is 5.01 Å². The van der Waals surface area contributed by atoms with Crippen molar-refractivity contribution in [2.75, 3.05) is 18.1 Å². The number of rotatable bonds is 7. The summed E-state index contributed by atoms with van der Waals surface area (Å²) < 4.78 is 34.5. The number of aryl methyl sites for hydroxylation is 1. The normalized spacial score (nSPS) is 18.1. The van der Waals surface area contributed by atoms with E-state index in [9.17, 15) is 23.3 Å². The number of hydrazone groups is 1. The number of nitro groups is 1. The van der Waals surface area contributed by atoms with Crippen LogP contribution in [0.25, 0.3) is 10.2 Å². The van der Waals surface area contributed by atoms with Crippen molar-refractivity contribution >= 4 is 54.5 Å². The Labute approximate surface area is 240 Å². The van der Waals surface area contributed by atoms with Crippen molar-refractivity contribution < 1.29 is 22.9 Å². The number of sulfonamides is 1. The number of nitro benzene ring substituents is 1. The van der Waals surface area contributed by atoms with Crippen LogP contribution in [-0.2, 0) is 14.8 Å². The summed E-state index contributed by atoms with van der Waals surface area (Å²) in [7, 11) is -3.78. The molecule has 1 fully saturated rings. The summed E-state index contributed by atoms with van der Waals surface area (Å²) in [6, 6.07) is 17.2. The molecule has 1 aliphatic heterocycles. The van der Waals surface area contributed by atoms with Crippen LogP contribution in [0.15, 0.2) is 76.7 Å². The molecule has 0 bridgehead atoms. The maximum absolute atomic E-state index is 13.7. The highest BCUT2D eigenvalue weighted by Gasteiger charge is 2.32. The van der Waals surface area contributed by atoms with Gasteiger partial charge in [-0.3, -0.25) is 14.9 Å². The summed E-state index contributed by atoms with van der Waals surface area (Å²) in [6.45, 7) is 6.11. The van der Waals surface area contributed by atoms with E-state index in [4.69, 9.17) is 4.74 Å². The fourth-order valence-corrected chi connectivity index (χ4v) is 7.08. The number of anilines is 1. The molecule has 0 aliphatic carbocycles. The molecule has 13 heteroatoms. The Bertz CT molecular complexity index is 1730. The molecule has 0 N–H and O–H groups in total. The van der Waals surface area contributed by atoms with E-state index in [1.807, 2.05) is 39.0 Å². The van der Waals surface area contributed by atoms with E-state index in [1.54, 1.807) is 0 Å². The lowest BCUT2D eigenvalue weighted by molar-refractivity contribution is -0.384. The molecule has 5 rings (SSSR count). The number of hydrogen-bond acceptors (Lipinski definition) is 9. The summed E-state index contributed by atoms with van der Waals surface area (Å²) in [6.07, 6.45) is 0.960. The number of morpholine rings is 1. The molecule has 0 radical (unpaired) electrons. The molecule has 2 atom stereocenters. The number of carbonyl (C=O) groups is 1. The van der Waals surface area contributed by atoms with Gasteiger partial charge in [-0.1, -0.05) is 17.4 Å². The predicted octanol–water partition coefficient (Wildman–Crippen LogP) is 4.99. The number of hydrogen-bond donors (Lipinski definition) is 0. The van der Waals surface area contributed by atoms with Crippen molar-refractivity contribution in [2.45, 2.75) is 37.9 Å². The number of carbonyl (C=O) groups excluding carboxylic acids is 1. The zero-order valence-electron chi connectivity index (χ0n) is 22.5. The number of amides is 1. The lowest BCUT2D eigenvalue weighted by Gasteiger charge is -2.34. The predicted molar refractivity (Wildman–Crippen MR) is 157 cm³/mol. The zero-order valence-corrected chi connectivity index (χ0v) is 24.1. The lowest BCUT2D eigenvalue weighted by Crippen LogP contribution is -2.48. The molecule has 41 heavy (non-hydrogen) atoms. The van der Waals surface area contributed by atoms with Crippen molar-refractivity contribution in [3.8, 4) is 0 Å². The average Bonchev–Trinajstić information content (AvgIpc) is 3.35. The summed E-state index contributed by atoms with van der Waals surface area (Å²) in [5.41, 5.74) is 2.44. The Hall–Kier alpha value is -4.04. The second-order valence-corrected chi connectivity index (χ2v) is 12.7. The van der Waals surface area contributed by atoms with E-state index >= 15 is 0 Å². The first-order valence-corrected chi connectivity index (χ1v) is 15.0. The smallest absolute Gasteiger partial charge is 0.280 e. The van der Waals surface area contributed by atoms with E-state index in [-0.39, 0.29) is 41.4 Å². The van der Waals surface area contributed by atoms with Crippen molar-refractivity contribution in [1.29, 1.82) is 0 Å². The van der Waals surface area contributed by atoms with Gasteiger partial charge in [0.25, 0.3) is 11.6 Å². The molecular weight excluding hydrogens is 566 g/mol. The van der Waals surface area contributed by atoms with Crippen molar-refractivity contribution in [1.82, 2.24) is 9.29 Å². The second kappa shape index (κ2) is 11.4. The Morgan fingerprint density at radius 1 is 1.10 bits per heavy atom. The van der Waals surface area contributed by atoms with E-state index in [2.05, 4.69) is 10.1 Å². The molecule has 2 unspecified atom stereocenters. The van der Waals surface area contributed by atoms with E-state index < -0.39 is 20.9 Å². The van der Waals surface area contributed by atoms with Crippen LogP contribution in [-0.4, -0.2) is 60.0 Å². The Morgan fingerprint density at radius 3 is 2.39 bits per heavy atom. The first kappa shape index (κ1) is 28.5. The maximum atomic E-state index is 13.7. The number of fused-ring (bicyclic) bond motifs is 1. The van der Waals surface area contributed by atoms with Gasteiger partial charge in [0.2, 0.25) is 15.2 Å². The lowest BCUT2D eigenvalue weighted by atomic mass is 10.2. The van der Waals surface area contributed by atoms with Crippen LogP contribution in [0.5, 0.6) is 0 Å². The third-order valence-corrected chi connectivity index (χ3v) is 9.30. The van der Waals surface area contributed by atoms with Crippen LogP contribution in [0.4, 0.5) is 10.8 Å². The van der Waals surface area contributed by atoms with Crippen LogP contribution in [0.3, 0.4) is 0 Å². The third kappa shape index (κ3) is 6.17. The van der Waals surface area contributed by atoms with Crippen LogP contribution in [0.1, 0.15) is 35.3 Å². The van der Waals surface area contributed by atoms with Crippen LogP contribution in [0, 0.1) is 17.0 Å². The standard InChI is InChI=1S/C28H27N5O6S2/c1-18-4-13-25-26(14-18)40-28(30-25)32(29-15-21-5-9-23(10-6-21)33(35)36)27(34)22-7-11-24(12-8-22)41(37,38)31-16-19(2)39-20(3)17-31/h4-15,19-20H,16-17H2,1-3H3/b29-15+. The number of nitrogens with zero attached hydrogens (tertiary/aromatic N) is 5. The summed E-state index contributed by atoms with van der Waals surface area (Å²) in [5, 5.41) is 16.9. The van der Waals surface area contributed by atoms with Gasteiger partial charge in [0.1, 0.15) is 0 Å². The molecule has 11 nitrogen and oxygen atoms in total. The van der Waals surface area contributed by atoms with Crippen LogP contribution in [0.2, 0.25) is 0 Å². The number of thiazole rings is 1. The summed E-state index contributed by atoms with van der Waals surface area (Å²) in [4.78, 5) is 28.9. The summed E-state index contributed by atoms with van der Waals surface area (Å²) >= 11 is 1.29. The van der Waals surface area contributed by atoms with Gasteiger partial charge in [0, 0.05) is 30.8 Å². The molecular formula is C28H27N5O6S2. The van der Waals surface area contributed by atoms with Crippen molar-refractivity contribution in [3.05, 3.63) is 93.5 Å². The van der Waals surface area contributed by atoms with Gasteiger partial charge in [-0.25, -0.2) is 13.4 Å². The number of benzene rings is 3. The minimum Gasteiger partial charge on any atom is -0.373 e. The van der Waals surface area contributed by atoms with Crippen molar-refractivity contribution in [2.24, 2.45) is 5.10 Å². The van der Waals surface area contributed by atoms with Gasteiger partial charge in [0.15, 0.2) is 0 Å². The molecule has 1 aromatic heterocycles. The van der Waals surface area contributed by atoms with Gasteiger partial charge in [-0.15, -0.1) is 0 Å². The highest BCUT2D eigenvalue weighted by Crippen LogP contribution is 2.31. The molecule has 0 spiro atoms. The first-order valence-electron chi connectivity index (χ1n) is 12.8. The molecule has 2 heterocycles. The SMILES string of the molecule is Cc1ccc2nc(N(/N=C/c3ccc([N+](=O)[O-])cc3)C(=O)c3ccc(S(=O)(=O)N4CC(C)OC(C)C4)cc3)sc2c1. The van der Waals surface area contributed by atoms with Crippen molar-refractivity contribution in [3.63, 3.8) is 0 Å². The van der Waals surface area contributed by atoms with E-state index in [0.717, 1.165) is 15.3 Å². The number of non-ortho nitro benzene ring substituents is 1. The quantitative estimate of drug-likeness (QED) is 0.167. The molecule has 1 amide bonds. The second-order valence-electron chi connectivity index (χ2n) is 9.78. The van der Waals surface area contributed by atoms with E-state index in [0.29, 0.717) is 16.2 Å². The maximum Gasteiger partial charge on any atom is 0.280 e. The average molecular weight is 594 g/mol. The Balaban J connectivity index is 1.46. The van der Waals surface area contributed by atoms with E-state index in [1.165, 1.54) is 70.4 Å². The third-order valence-electron chi connectivity index (χ3n) is 6.46. The number of aromatic nitrogens is 1. The van der Waals surface area contributed by atoms with Gasteiger partial charge in [-0.05, 0) is 80.4 Å². The highest BCUT2D eigenvalue weighted by molar-refractivity contribution is 7.89. The van der Waals surface area contributed by atoms with Gasteiger partial charge < -0.3 is 4.74 Å². The fraction of sp³-hybridized carbons (Fsp3) is 0.250. The Morgan fingerprint density at radius 2 is 1.76 bits per heavy atom. The highest BCUT2D eigenvalue weighted by atomic mass is 32.2. The van der Waals surface area contributed by atoms with Gasteiger partial charge in [-0.2, -0.15) is 14.4 Å². The van der Waals surface area contributed by atoms with Gasteiger partial charge >= 0.3 is 0 Å². The zero-order chi connectivity index (χ0) is 29.3. The van der Waals surface area contributed by atoms with Crippen LogP contribution >= 0.6 is 11.3 Å². The molecule has 4 aromatic rings. The first-order chi connectivity index (χ1) is 19.5. The molecule has 212 valence electrons. The fourth-order valence-electron chi connectivity index (χ4n) is 4.47. The number of ether oxygens (including phenoxy) is 1. The topological polar surface area (TPSA) is 135 Å². The largest absolute Gasteiger partial charge is 0.373 e. The molecule has 3 aromatic carbocycles. The Kier molecular flexibility index (Phi) is 7.95. The minimum atomic E-state index is -3.78. The minimum absolute atomic E-state index is 0.0624. The molecule has 1 saturated heterocycles. The molecule has 0 saturated carbocycles. The monoisotopic (exact) mass is 593 g/mol. The molecule has 1 aliphatic rings. The summed E-state index contributed by atoms with van der Waals surface area (Å²) in [5.74, 6) is -0.517. The van der Waals surface area contributed by atoms with Gasteiger partial charge in [0.05, 0.1) is 38.5 Å².